The molecule has 1 N–H and O–H groups in total. The zero-order chi connectivity index (χ0) is 16.9. The largest absolute Gasteiger partial charge is 0.379 e. The van der Waals surface area contributed by atoms with Crippen molar-refractivity contribution in [3.63, 3.8) is 0 Å². The highest BCUT2D eigenvalue weighted by atomic mass is 16.5. The molecule has 0 unspecified atom stereocenters. The van der Waals surface area contributed by atoms with Crippen LogP contribution in [-0.4, -0.2) is 52.7 Å². The van der Waals surface area contributed by atoms with Gasteiger partial charge in [0, 0.05) is 19.7 Å². The Kier molecular flexibility index (Phi) is 12.2. The van der Waals surface area contributed by atoms with Crippen LogP contribution in [-0.2, 0) is 14.2 Å². The average molecular weight is 318 g/mol. The van der Waals surface area contributed by atoms with Crippen molar-refractivity contribution in [3.8, 4) is 0 Å². The molecule has 0 saturated carbocycles. The van der Waals surface area contributed by atoms with Crippen molar-refractivity contribution in [3.05, 3.63) is 0 Å². The monoisotopic (exact) mass is 317 g/mol. The zero-order valence-corrected chi connectivity index (χ0v) is 15.8. The molecule has 0 aliphatic heterocycles. The van der Waals surface area contributed by atoms with Crippen molar-refractivity contribution in [2.75, 3.05) is 52.7 Å². The Morgan fingerprint density at radius 1 is 0.636 bits per heavy atom. The van der Waals surface area contributed by atoms with Crippen LogP contribution < -0.4 is 5.32 Å². The van der Waals surface area contributed by atoms with Gasteiger partial charge in [-0.1, -0.05) is 41.5 Å². The molecule has 0 fully saturated rings. The number of ether oxygens (including phenoxy) is 3. The van der Waals surface area contributed by atoms with Crippen LogP contribution >= 0.6 is 0 Å². The molecular weight excluding hydrogens is 278 g/mol. The number of hydrogen-bond acceptors (Lipinski definition) is 4. The van der Waals surface area contributed by atoms with Crippen LogP contribution in [0, 0.1) is 10.8 Å². The van der Waals surface area contributed by atoms with Crippen LogP contribution in [0.1, 0.15) is 54.4 Å². The Morgan fingerprint density at radius 3 is 1.64 bits per heavy atom. The minimum absolute atomic E-state index is 0.329. The first kappa shape index (κ1) is 21.8. The fraction of sp³-hybridized carbons (Fsp3) is 1.00. The van der Waals surface area contributed by atoms with E-state index in [1.807, 2.05) is 0 Å². The Hall–Kier alpha value is -0.160. The second-order valence-electron chi connectivity index (χ2n) is 8.24. The van der Waals surface area contributed by atoms with Crippen LogP contribution in [0.2, 0.25) is 0 Å². The van der Waals surface area contributed by atoms with E-state index in [-0.39, 0.29) is 0 Å². The van der Waals surface area contributed by atoms with Crippen LogP contribution in [0.5, 0.6) is 0 Å². The van der Waals surface area contributed by atoms with Crippen molar-refractivity contribution in [2.45, 2.75) is 54.4 Å². The van der Waals surface area contributed by atoms with Gasteiger partial charge >= 0.3 is 0 Å². The van der Waals surface area contributed by atoms with E-state index < -0.39 is 0 Å². The third kappa shape index (κ3) is 19.8. The highest BCUT2D eigenvalue weighted by molar-refractivity contribution is 4.64. The van der Waals surface area contributed by atoms with Gasteiger partial charge < -0.3 is 19.5 Å². The van der Waals surface area contributed by atoms with E-state index in [0.717, 1.165) is 32.7 Å². The standard InChI is InChI=1S/C18H39NO3/c1-17(2,3)8-7-10-20-12-14-22-15-13-21-11-9-19-16-18(4,5)6/h19H,7-16H2,1-6H3. The van der Waals surface area contributed by atoms with Crippen molar-refractivity contribution in [1.29, 1.82) is 0 Å². The number of hydrogen-bond donors (Lipinski definition) is 1. The second kappa shape index (κ2) is 12.3. The van der Waals surface area contributed by atoms with Crippen molar-refractivity contribution < 1.29 is 14.2 Å². The molecule has 4 nitrogen and oxygen atoms in total. The first-order valence-corrected chi connectivity index (χ1v) is 8.65. The van der Waals surface area contributed by atoms with E-state index in [4.69, 9.17) is 14.2 Å². The molecule has 22 heavy (non-hydrogen) atoms. The molecular formula is C18H39NO3. The Bertz CT molecular complexity index is 218. The van der Waals surface area contributed by atoms with Crippen LogP contribution in [0.15, 0.2) is 0 Å². The van der Waals surface area contributed by atoms with Gasteiger partial charge in [0.05, 0.1) is 33.0 Å². The van der Waals surface area contributed by atoms with Gasteiger partial charge in [0.2, 0.25) is 0 Å². The topological polar surface area (TPSA) is 39.7 Å². The third-order valence-corrected chi connectivity index (χ3v) is 3.04. The molecule has 0 radical (unpaired) electrons. The van der Waals surface area contributed by atoms with E-state index in [1.54, 1.807) is 0 Å². The van der Waals surface area contributed by atoms with Gasteiger partial charge in [-0.05, 0) is 23.7 Å². The summed E-state index contributed by atoms with van der Waals surface area (Å²) in [6.07, 6.45) is 2.32. The lowest BCUT2D eigenvalue weighted by molar-refractivity contribution is 0.0134. The van der Waals surface area contributed by atoms with Crippen molar-refractivity contribution >= 4 is 0 Å². The number of rotatable bonds is 13. The summed E-state index contributed by atoms with van der Waals surface area (Å²) in [7, 11) is 0. The molecule has 0 aromatic carbocycles. The summed E-state index contributed by atoms with van der Waals surface area (Å²) in [6, 6.07) is 0. The summed E-state index contributed by atoms with van der Waals surface area (Å²) < 4.78 is 16.5. The molecule has 0 spiro atoms. The molecule has 0 amide bonds. The predicted molar refractivity (Wildman–Crippen MR) is 93.5 cm³/mol. The highest BCUT2D eigenvalue weighted by Crippen LogP contribution is 2.20. The molecule has 0 bridgehead atoms. The number of nitrogens with one attached hydrogen (secondary N) is 1. The lowest BCUT2D eigenvalue weighted by atomic mass is 9.91. The summed E-state index contributed by atoms with van der Waals surface area (Å²) >= 11 is 0. The lowest BCUT2D eigenvalue weighted by Gasteiger charge is -2.18. The van der Waals surface area contributed by atoms with Gasteiger partial charge in [0.15, 0.2) is 0 Å². The molecule has 134 valence electrons. The first-order valence-electron chi connectivity index (χ1n) is 8.65. The Morgan fingerprint density at radius 2 is 1.14 bits per heavy atom. The highest BCUT2D eigenvalue weighted by Gasteiger charge is 2.09. The van der Waals surface area contributed by atoms with E-state index in [9.17, 15) is 0 Å². The molecule has 0 saturated heterocycles. The SMILES string of the molecule is CC(C)(C)CCCOCCOCCOCCNCC(C)(C)C. The van der Waals surface area contributed by atoms with E-state index in [0.29, 0.717) is 37.3 Å². The van der Waals surface area contributed by atoms with Gasteiger partial charge in [-0.25, -0.2) is 0 Å². The van der Waals surface area contributed by atoms with Crippen LogP contribution in [0.3, 0.4) is 0 Å². The molecule has 0 aromatic heterocycles. The van der Waals surface area contributed by atoms with Crippen LogP contribution in [0.25, 0.3) is 0 Å². The Balaban J connectivity index is 3.09. The molecule has 4 heteroatoms. The zero-order valence-electron chi connectivity index (χ0n) is 15.8. The summed E-state index contributed by atoms with van der Waals surface area (Å²) in [5.74, 6) is 0. The van der Waals surface area contributed by atoms with Gasteiger partial charge in [0.25, 0.3) is 0 Å². The smallest absolute Gasteiger partial charge is 0.0701 e. The fourth-order valence-corrected chi connectivity index (χ4v) is 1.85. The van der Waals surface area contributed by atoms with Gasteiger partial charge in [-0.15, -0.1) is 0 Å². The van der Waals surface area contributed by atoms with Crippen molar-refractivity contribution in [2.24, 2.45) is 10.8 Å². The maximum atomic E-state index is 5.54. The van der Waals surface area contributed by atoms with E-state index in [1.165, 1.54) is 6.42 Å². The Labute approximate surface area is 138 Å². The minimum Gasteiger partial charge on any atom is -0.379 e. The van der Waals surface area contributed by atoms with E-state index >= 15 is 0 Å². The summed E-state index contributed by atoms with van der Waals surface area (Å²) in [4.78, 5) is 0. The minimum atomic E-state index is 0.329. The van der Waals surface area contributed by atoms with Gasteiger partial charge in [-0.2, -0.15) is 0 Å². The first-order chi connectivity index (χ1) is 10.2. The van der Waals surface area contributed by atoms with Crippen molar-refractivity contribution in [1.82, 2.24) is 5.32 Å². The average Bonchev–Trinajstić information content (AvgIpc) is 2.36. The summed E-state index contributed by atoms with van der Waals surface area (Å²) in [5.41, 5.74) is 0.731. The van der Waals surface area contributed by atoms with Crippen LogP contribution in [0.4, 0.5) is 0 Å². The summed E-state index contributed by atoms with van der Waals surface area (Å²) in [5, 5.41) is 3.38. The maximum absolute atomic E-state index is 5.54. The molecule has 0 rings (SSSR count). The fourth-order valence-electron chi connectivity index (χ4n) is 1.85. The molecule has 0 atom stereocenters. The molecule has 0 aromatic rings. The van der Waals surface area contributed by atoms with Gasteiger partial charge in [-0.3, -0.25) is 0 Å². The van der Waals surface area contributed by atoms with Gasteiger partial charge in [0.1, 0.15) is 0 Å². The third-order valence-electron chi connectivity index (χ3n) is 3.04. The quantitative estimate of drug-likeness (QED) is 0.528. The molecule has 0 heterocycles. The molecule has 0 aliphatic rings. The summed E-state index contributed by atoms with van der Waals surface area (Å²) in [6.45, 7) is 19.6. The predicted octanol–water partition coefficient (Wildman–Crippen LogP) is 3.50. The normalized spacial score (nSPS) is 12.8. The van der Waals surface area contributed by atoms with E-state index in [2.05, 4.69) is 46.9 Å². The lowest BCUT2D eigenvalue weighted by Crippen LogP contribution is -2.29. The maximum Gasteiger partial charge on any atom is 0.0701 e. The molecule has 0 aliphatic carbocycles. The second-order valence-corrected chi connectivity index (χ2v) is 8.24.